The number of benzene rings is 2. The molecule has 0 aliphatic carbocycles. The van der Waals surface area contributed by atoms with Gasteiger partial charge < -0.3 is 9.32 Å². The topological polar surface area (TPSA) is 55.5 Å². The molecule has 5 nitrogen and oxygen atoms in total. The molecular weight excluding hydrogens is 396 g/mol. The van der Waals surface area contributed by atoms with Crippen molar-refractivity contribution in [2.24, 2.45) is 0 Å². The number of rotatable bonds is 2. The lowest BCUT2D eigenvalue weighted by molar-refractivity contribution is -0.119. The van der Waals surface area contributed by atoms with Crippen LogP contribution in [0, 0.1) is 0 Å². The van der Waals surface area contributed by atoms with Crippen LogP contribution in [0.15, 0.2) is 50.1 Å². The van der Waals surface area contributed by atoms with E-state index in [-0.39, 0.29) is 12.5 Å². The van der Waals surface area contributed by atoms with E-state index in [1.165, 1.54) is 4.57 Å². The molecule has 2 heterocycles. The zero-order valence-corrected chi connectivity index (χ0v) is 14.8. The molecular formula is C17H12BrClN2O3. The fourth-order valence-corrected chi connectivity index (χ4v) is 3.89. The Balaban J connectivity index is 1.72. The normalized spacial score (nSPS) is 13.5. The highest BCUT2D eigenvalue weighted by Gasteiger charge is 2.25. The minimum absolute atomic E-state index is 0.0903. The second kappa shape index (κ2) is 5.79. The molecule has 0 fully saturated rings. The summed E-state index contributed by atoms with van der Waals surface area (Å²) in [6, 6.07) is 11.2. The smallest absolute Gasteiger partial charge is 0.406 e. The molecule has 2 aromatic carbocycles. The van der Waals surface area contributed by atoms with Gasteiger partial charge in [0.15, 0.2) is 5.58 Å². The number of amides is 1. The molecule has 0 radical (unpaired) electrons. The summed E-state index contributed by atoms with van der Waals surface area (Å²) in [6.07, 6.45) is 0.820. The molecule has 7 heteroatoms. The first-order valence-corrected chi connectivity index (χ1v) is 8.58. The van der Waals surface area contributed by atoms with Crippen LogP contribution in [0.4, 0.5) is 5.69 Å². The average Bonchev–Trinajstić information content (AvgIpc) is 3.10. The SMILES string of the molecule is O=C(Cn1c(=O)oc2c(Cl)cc(Br)cc21)N1CCc2ccccc21. The third-order valence-electron chi connectivity index (χ3n) is 4.17. The summed E-state index contributed by atoms with van der Waals surface area (Å²) in [5.74, 6) is -0.744. The number of anilines is 1. The van der Waals surface area contributed by atoms with Gasteiger partial charge in [-0.3, -0.25) is 9.36 Å². The summed E-state index contributed by atoms with van der Waals surface area (Å²) in [7, 11) is 0. The zero-order valence-electron chi connectivity index (χ0n) is 12.5. The van der Waals surface area contributed by atoms with Crippen molar-refractivity contribution >= 4 is 50.2 Å². The number of carbonyl (C=O) groups excluding carboxylic acids is 1. The Morgan fingerprint density at radius 2 is 2.08 bits per heavy atom. The quantitative estimate of drug-likeness (QED) is 0.652. The van der Waals surface area contributed by atoms with E-state index in [0.717, 1.165) is 17.7 Å². The van der Waals surface area contributed by atoms with Crippen LogP contribution in [0.1, 0.15) is 5.56 Å². The Hall–Kier alpha value is -2.05. The molecule has 4 rings (SSSR count). The third kappa shape index (κ3) is 2.46. The molecule has 1 aliphatic heterocycles. The van der Waals surface area contributed by atoms with Gasteiger partial charge in [0.2, 0.25) is 5.91 Å². The van der Waals surface area contributed by atoms with Crippen molar-refractivity contribution in [1.82, 2.24) is 4.57 Å². The second-order valence-electron chi connectivity index (χ2n) is 5.61. The summed E-state index contributed by atoms with van der Waals surface area (Å²) in [5, 5.41) is 0.328. The molecule has 0 atom stereocenters. The number of halogens is 2. The standard InChI is InChI=1S/C17H12BrClN2O3/c18-11-7-12(19)16-14(8-11)21(17(23)24-16)9-15(22)20-6-5-10-3-1-2-4-13(10)20/h1-4,7-8H,5-6,9H2. The van der Waals surface area contributed by atoms with Crippen LogP contribution in [-0.2, 0) is 17.8 Å². The van der Waals surface area contributed by atoms with E-state index in [1.807, 2.05) is 24.3 Å². The van der Waals surface area contributed by atoms with Crippen molar-refractivity contribution in [1.29, 1.82) is 0 Å². The van der Waals surface area contributed by atoms with Gasteiger partial charge in [-0.25, -0.2) is 4.79 Å². The van der Waals surface area contributed by atoms with Crippen molar-refractivity contribution in [3.05, 3.63) is 62.0 Å². The van der Waals surface area contributed by atoms with E-state index in [9.17, 15) is 9.59 Å². The number of para-hydroxylation sites is 1. The second-order valence-corrected chi connectivity index (χ2v) is 6.94. The number of hydrogen-bond acceptors (Lipinski definition) is 3. The highest BCUT2D eigenvalue weighted by atomic mass is 79.9. The van der Waals surface area contributed by atoms with Crippen molar-refractivity contribution < 1.29 is 9.21 Å². The predicted octanol–water partition coefficient (Wildman–Crippen LogP) is 3.60. The van der Waals surface area contributed by atoms with Crippen LogP contribution in [0.5, 0.6) is 0 Å². The van der Waals surface area contributed by atoms with Crippen LogP contribution in [0.2, 0.25) is 5.02 Å². The molecule has 0 bridgehead atoms. The number of nitrogens with zero attached hydrogens (tertiary/aromatic N) is 2. The molecule has 1 aliphatic rings. The summed E-state index contributed by atoms with van der Waals surface area (Å²) < 4.78 is 7.23. The van der Waals surface area contributed by atoms with Gasteiger partial charge >= 0.3 is 5.76 Å². The first kappa shape index (κ1) is 15.5. The van der Waals surface area contributed by atoms with Gasteiger partial charge in [-0.1, -0.05) is 45.7 Å². The molecule has 1 aromatic heterocycles. The van der Waals surface area contributed by atoms with E-state index in [1.54, 1.807) is 17.0 Å². The van der Waals surface area contributed by atoms with Crippen molar-refractivity contribution in [2.45, 2.75) is 13.0 Å². The summed E-state index contributed by atoms with van der Waals surface area (Å²) in [4.78, 5) is 26.6. The molecule has 1 amide bonds. The van der Waals surface area contributed by atoms with Crippen LogP contribution in [-0.4, -0.2) is 17.0 Å². The van der Waals surface area contributed by atoms with Crippen LogP contribution >= 0.6 is 27.5 Å². The van der Waals surface area contributed by atoms with Gasteiger partial charge in [-0.2, -0.15) is 0 Å². The fraction of sp³-hybridized carbons (Fsp3) is 0.176. The Kier molecular flexibility index (Phi) is 3.73. The first-order chi connectivity index (χ1) is 11.5. The van der Waals surface area contributed by atoms with Crippen LogP contribution in [0.3, 0.4) is 0 Å². The van der Waals surface area contributed by atoms with Crippen molar-refractivity contribution in [3.8, 4) is 0 Å². The monoisotopic (exact) mass is 406 g/mol. The lowest BCUT2D eigenvalue weighted by Gasteiger charge is -2.17. The molecule has 0 saturated carbocycles. The zero-order chi connectivity index (χ0) is 16.8. The molecule has 3 aromatic rings. The predicted molar refractivity (Wildman–Crippen MR) is 95.7 cm³/mol. The van der Waals surface area contributed by atoms with Gasteiger partial charge in [0.05, 0.1) is 10.5 Å². The minimum Gasteiger partial charge on any atom is -0.406 e. The van der Waals surface area contributed by atoms with Crippen molar-refractivity contribution in [2.75, 3.05) is 11.4 Å². The highest BCUT2D eigenvalue weighted by Crippen LogP contribution is 2.29. The van der Waals surface area contributed by atoms with E-state index < -0.39 is 5.76 Å². The first-order valence-electron chi connectivity index (χ1n) is 7.41. The van der Waals surface area contributed by atoms with E-state index in [0.29, 0.717) is 27.1 Å². The number of oxazole rings is 1. The maximum atomic E-state index is 12.7. The Labute approximate surface area is 150 Å². The molecule has 0 spiro atoms. The molecule has 0 N–H and O–H groups in total. The lowest BCUT2D eigenvalue weighted by Crippen LogP contribution is -2.34. The van der Waals surface area contributed by atoms with E-state index >= 15 is 0 Å². The maximum absolute atomic E-state index is 12.7. The average molecular weight is 408 g/mol. The molecule has 0 saturated heterocycles. The number of carbonyl (C=O) groups is 1. The molecule has 122 valence electrons. The molecule has 0 unspecified atom stereocenters. The largest absolute Gasteiger partial charge is 0.420 e. The van der Waals surface area contributed by atoms with Gasteiger partial charge in [-0.15, -0.1) is 0 Å². The van der Waals surface area contributed by atoms with E-state index in [4.69, 9.17) is 16.0 Å². The van der Waals surface area contributed by atoms with Crippen LogP contribution in [0.25, 0.3) is 11.1 Å². The van der Waals surface area contributed by atoms with Gasteiger partial charge in [0.1, 0.15) is 6.54 Å². The summed E-state index contributed by atoms with van der Waals surface area (Å²) >= 11 is 9.45. The Bertz CT molecular complexity index is 1020. The number of aromatic nitrogens is 1. The van der Waals surface area contributed by atoms with Crippen molar-refractivity contribution in [3.63, 3.8) is 0 Å². The van der Waals surface area contributed by atoms with Crippen LogP contribution < -0.4 is 10.7 Å². The molecule has 24 heavy (non-hydrogen) atoms. The van der Waals surface area contributed by atoms with Gasteiger partial charge in [0, 0.05) is 16.7 Å². The number of hydrogen-bond donors (Lipinski definition) is 0. The Morgan fingerprint density at radius 3 is 2.92 bits per heavy atom. The fourth-order valence-electron chi connectivity index (χ4n) is 3.06. The lowest BCUT2D eigenvalue weighted by atomic mass is 10.2. The third-order valence-corrected chi connectivity index (χ3v) is 4.91. The van der Waals surface area contributed by atoms with Gasteiger partial charge in [-0.05, 0) is 30.2 Å². The van der Waals surface area contributed by atoms with E-state index in [2.05, 4.69) is 15.9 Å². The van der Waals surface area contributed by atoms with Gasteiger partial charge in [0.25, 0.3) is 0 Å². The summed E-state index contributed by atoms with van der Waals surface area (Å²) in [5.41, 5.74) is 2.84. The number of fused-ring (bicyclic) bond motifs is 2. The minimum atomic E-state index is -0.592. The highest BCUT2D eigenvalue weighted by molar-refractivity contribution is 9.10. The Morgan fingerprint density at radius 1 is 1.29 bits per heavy atom. The summed E-state index contributed by atoms with van der Waals surface area (Å²) in [6.45, 7) is 0.528. The maximum Gasteiger partial charge on any atom is 0.420 e.